The molecule has 3 atom stereocenters. The molecule has 0 saturated carbocycles. The van der Waals surface area contributed by atoms with Crippen molar-refractivity contribution in [3.05, 3.63) is 80.0 Å². The lowest BCUT2D eigenvalue weighted by Gasteiger charge is -2.45. The van der Waals surface area contributed by atoms with Crippen molar-refractivity contribution in [2.24, 2.45) is 4.99 Å². The van der Waals surface area contributed by atoms with Crippen LogP contribution in [0.25, 0.3) is 0 Å². The molecule has 1 saturated heterocycles. The van der Waals surface area contributed by atoms with Gasteiger partial charge in [-0.3, -0.25) is 9.89 Å². The lowest BCUT2D eigenvalue weighted by atomic mass is 9.90. The number of methoxy groups -OCH3 is 1. The number of rotatable bonds is 5. The maximum atomic E-state index is 13.9. The van der Waals surface area contributed by atoms with Gasteiger partial charge in [-0.05, 0) is 12.1 Å². The van der Waals surface area contributed by atoms with Crippen molar-refractivity contribution >= 4 is 34.7 Å². The fourth-order valence-corrected chi connectivity index (χ4v) is 5.87. The van der Waals surface area contributed by atoms with Crippen LogP contribution in [0, 0.1) is 5.82 Å². The number of aromatic nitrogens is 2. The van der Waals surface area contributed by atoms with E-state index in [1.807, 2.05) is 5.38 Å². The Labute approximate surface area is 214 Å². The van der Waals surface area contributed by atoms with Crippen LogP contribution >= 0.6 is 22.9 Å². The van der Waals surface area contributed by atoms with E-state index in [-0.39, 0.29) is 17.1 Å². The number of hydrogen-bond donors (Lipinski definition) is 1. The highest BCUT2D eigenvalue weighted by Crippen LogP contribution is 2.40. The van der Waals surface area contributed by atoms with Crippen LogP contribution in [0.4, 0.5) is 4.39 Å². The molecule has 0 aliphatic carbocycles. The number of carbonyl (C=O) groups excluding carboxylic acids is 1. The number of aliphatic imine (C=N–C) groups is 1. The Morgan fingerprint density at radius 2 is 2.25 bits per heavy atom. The molecule has 3 aliphatic rings. The zero-order chi connectivity index (χ0) is 24.8. The van der Waals surface area contributed by atoms with Gasteiger partial charge >= 0.3 is 5.97 Å². The molecule has 2 unspecified atom stereocenters. The van der Waals surface area contributed by atoms with Gasteiger partial charge in [-0.2, -0.15) is 0 Å². The van der Waals surface area contributed by atoms with Gasteiger partial charge in [-0.1, -0.05) is 22.8 Å². The molecule has 186 valence electrons. The molecule has 36 heavy (non-hydrogen) atoms. The fourth-order valence-electron chi connectivity index (χ4n) is 5.01. The van der Waals surface area contributed by atoms with Gasteiger partial charge in [-0.15, -0.1) is 11.3 Å². The van der Waals surface area contributed by atoms with Gasteiger partial charge in [0.25, 0.3) is 0 Å². The maximum Gasteiger partial charge on any atom is 0.338 e. The minimum absolute atomic E-state index is 0.0459. The number of thiazole rings is 1. The number of hydrogen-bond acceptors (Lipinski definition) is 10. The third-order valence-electron chi connectivity index (χ3n) is 6.68. The average Bonchev–Trinajstić information content (AvgIpc) is 3.56. The Morgan fingerprint density at radius 1 is 1.36 bits per heavy atom. The number of halogens is 2. The van der Waals surface area contributed by atoms with Crippen molar-refractivity contribution in [3.8, 4) is 0 Å². The van der Waals surface area contributed by atoms with Crippen LogP contribution in [0.5, 0.6) is 0 Å². The van der Waals surface area contributed by atoms with E-state index in [0.717, 1.165) is 11.3 Å². The minimum atomic E-state index is -0.812. The van der Waals surface area contributed by atoms with E-state index in [1.165, 1.54) is 30.6 Å². The van der Waals surface area contributed by atoms with Crippen molar-refractivity contribution in [1.29, 1.82) is 0 Å². The monoisotopic (exact) mass is 529 g/mol. The summed E-state index contributed by atoms with van der Waals surface area (Å²) in [4.78, 5) is 24.7. The first kappa shape index (κ1) is 23.3. The van der Waals surface area contributed by atoms with Crippen molar-refractivity contribution in [2.45, 2.75) is 24.5 Å². The van der Waals surface area contributed by atoms with Crippen LogP contribution in [0.3, 0.4) is 0 Å². The van der Waals surface area contributed by atoms with Crippen LogP contribution in [-0.4, -0.2) is 59.8 Å². The smallest absolute Gasteiger partial charge is 0.338 e. The van der Waals surface area contributed by atoms with Crippen molar-refractivity contribution in [3.63, 3.8) is 0 Å². The molecule has 3 aliphatic heterocycles. The summed E-state index contributed by atoms with van der Waals surface area (Å²) < 4.78 is 30.2. The van der Waals surface area contributed by atoms with Crippen LogP contribution in [0.15, 0.2) is 56.8 Å². The molecule has 1 aromatic carbocycles. The van der Waals surface area contributed by atoms with E-state index < -0.39 is 17.8 Å². The largest absolute Gasteiger partial charge is 0.466 e. The van der Waals surface area contributed by atoms with E-state index >= 15 is 0 Å². The van der Waals surface area contributed by atoms with Crippen LogP contribution < -0.4 is 5.32 Å². The number of fused-ring (bicyclic) bond motifs is 4. The number of morpholine rings is 1. The van der Waals surface area contributed by atoms with Crippen molar-refractivity contribution < 1.29 is 23.2 Å². The van der Waals surface area contributed by atoms with Gasteiger partial charge in [-0.25, -0.2) is 14.2 Å². The summed E-state index contributed by atoms with van der Waals surface area (Å²) >= 11 is 7.86. The predicted molar refractivity (Wildman–Crippen MR) is 129 cm³/mol. The Kier molecular flexibility index (Phi) is 6.08. The van der Waals surface area contributed by atoms with Gasteiger partial charge in [0.15, 0.2) is 10.8 Å². The molecule has 3 aromatic rings. The quantitative estimate of drug-likeness (QED) is 0.502. The van der Waals surface area contributed by atoms with E-state index in [2.05, 4.69) is 20.4 Å². The van der Waals surface area contributed by atoms with Gasteiger partial charge < -0.3 is 19.3 Å². The first-order valence-electron chi connectivity index (χ1n) is 11.3. The summed E-state index contributed by atoms with van der Waals surface area (Å²) in [6.07, 6.45) is 4.01. The average molecular weight is 530 g/mol. The molecule has 12 heteroatoms. The van der Waals surface area contributed by atoms with E-state index in [0.29, 0.717) is 53.9 Å². The predicted octanol–water partition coefficient (Wildman–Crippen LogP) is 3.44. The highest BCUT2D eigenvalue weighted by Gasteiger charge is 2.42. The number of nitrogens with one attached hydrogen (secondary N) is 1. The first-order chi connectivity index (χ1) is 17.5. The SMILES string of the molecule is COC(=O)C1=C(CN2C3COCC2c2conc2C3)NC(c2nccs2)=N[C@H]1c1ccc(F)cc1Cl. The number of ether oxygens (including phenoxy) is 2. The summed E-state index contributed by atoms with van der Waals surface area (Å²) in [7, 11) is 1.32. The number of esters is 1. The third-order valence-corrected chi connectivity index (χ3v) is 7.79. The number of carbonyl (C=O) groups is 1. The van der Waals surface area contributed by atoms with Crippen LogP contribution in [0.1, 0.15) is 33.9 Å². The zero-order valence-electron chi connectivity index (χ0n) is 19.1. The normalized spacial score (nSPS) is 23.6. The second kappa shape index (κ2) is 9.40. The fraction of sp³-hybridized carbons (Fsp3) is 0.333. The van der Waals surface area contributed by atoms with E-state index in [4.69, 9.17) is 30.6 Å². The molecular formula is C24H21ClFN5O4S. The second-order valence-electron chi connectivity index (χ2n) is 8.69. The molecule has 2 aromatic heterocycles. The Balaban J connectivity index is 1.46. The van der Waals surface area contributed by atoms with Crippen molar-refractivity contribution in [2.75, 3.05) is 26.9 Å². The Bertz CT molecular complexity index is 1370. The molecule has 0 radical (unpaired) electrons. The summed E-state index contributed by atoms with van der Waals surface area (Å²) in [5, 5.41) is 10.2. The summed E-state index contributed by atoms with van der Waals surface area (Å²) in [5.41, 5.74) is 3.33. The lowest BCUT2D eigenvalue weighted by Crippen LogP contribution is -2.53. The molecule has 1 fully saturated rings. The van der Waals surface area contributed by atoms with Crippen LogP contribution in [0.2, 0.25) is 5.02 Å². The van der Waals surface area contributed by atoms with Crippen LogP contribution in [-0.2, 0) is 20.7 Å². The Hall–Kier alpha value is -3.12. The van der Waals surface area contributed by atoms with Gasteiger partial charge in [0.05, 0.1) is 37.6 Å². The number of nitrogens with zero attached hydrogens (tertiary/aromatic N) is 4. The standard InChI is InChI=1S/C24H21ClFN5O4S/c1-33-24(32)20-18(8-31-13-7-17-15(10-35-30-17)19(31)11-34-9-13)28-22(23-27-4-5-36-23)29-21(20)14-3-2-12(26)6-16(14)25/h2-6,10,13,19,21H,7-9,11H2,1H3,(H,28,29)/t13?,19?,21-/m0/s1. The lowest BCUT2D eigenvalue weighted by molar-refractivity contribution is -0.136. The third kappa shape index (κ3) is 4.01. The number of benzene rings is 1. The Morgan fingerprint density at radius 3 is 3.03 bits per heavy atom. The molecule has 5 heterocycles. The summed E-state index contributed by atoms with van der Waals surface area (Å²) in [6, 6.07) is 3.21. The molecular weight excluding hydrogens is 509 g/mol. The molecule has 2 bridgehead atoms. The van der Waals surface area contributed by atoms with E-state index in [9.17, 15) is 9.18 Å². The summed E-state index contributed by atoms with van der Waals surface area (Å²) in [5.74, 6) is -0.521. The molecule has 9 nitrogen and oxygen atoms in total. The topological polar surface area (TPSA) is 102 Å². The minimum Gasteiger partial charge on any atom is -0.466 e. The van der Waals surface area contributed by atoms with Crippen molar-refractivity contribution in [1.82, 2.24) is 20.4 Å². The highest BCUT2D eigenvalue weighted by atomic mass is 35.5. The zero-order valence-corrected chi connectivity index (χ0v) is 20.7. The second-order valence-corrected chi connectivity index (χ2v) is 9.99. The molecule has 6 rings (SSSR count). The number of amidine groups is 1. The maximum absolute atomic E-state index is 13.9. The summed E-state index contributed by atoms with van der Waals surface area (Å²) in [6.45, 7) is 1.39. The van der Waals surface area contributed by atoms with Gasteiger partial charge in [0.2, 0.25) is 0 Å². The molecule has 0 amide bonds. The highest BCUT2D eigenvalue weighted by molar-refractivity contribution is 7.11. The molecule has 1 N–H and O–H groups in total. The van der Waals surface area contributed by atoms with E-state index in [1.54, 1.807) is 18.5 Å². The van der Waals surface area contributed by atoms with Gasteiger partial charge in [0, 0.05) is 52.4 Å². The molecule has 0 spiro atoms. The first-order valence-corrected chi connectivity index (χ1v) is 12.6. The van der Waals surface area contributed by atoms with Gasteiger partial charge in [0.1, 0.15) is 18.1 Å².